The van der Waals surface area contributed by atoms with E-state index in [1.807, 2.05) is 17.7 Å². The molecule has 0 fully saturated rings. The summed E-state index contributed by atoms with van der Waals surface area (Å²) in [6.07, 6.45) is 1.50. The molecule has 21 heavy (non-hydrogen) atoms. The highest BCUT2D eigenvalue weighted by molar-refractivity contribution is 7.89. The summed E-state index contributed by atoms with van der Waals surface area (Å²) in [7, 11) is -3.22. The van der Waals surface area contributed by atoms with Crippen LogP contribution in [0.1, 0.15) is 39.9 Å². The van der Waals surface area contributed by atoms with Crippen LogP contribution in [0.3, 0.4) is 0 Å². The molecule has 1 N–H and O–H groups in total. The number of nitrogens with one attached hydrogen (secondary N) is 1. The van der Waals surface area contributed by atoms with Gasteiger partial charge in [0.15, 0.2) is 0 Å². The average molecular weight is 343 g/mol. The molecule has 0 saturated carbocycles. The van der Waals surface area contributed by atoms with Crippen LogP contribution in [0.25, 0.3) is 0 Å². The fraction of sp³-hybridized carbons (Fsp3) is 0.357. The van der Waals surface area contributed by atoms with Crippen LogP contribution >= 0.6 is 22.7 Å². The molecule has 7 heteroatoms. The summed E-state index contributed by atoms with van der Waals surface area (Å²) in [5.41, 5.74) is 0.678. The summed E-state index contributed by atoms with van der Waals surface area (Å²) in [5.74, 6) is 0.136. The van der Waals surface area contributed by atoms with Gasteiger partial charge in [0, 0.05) is 22.4 Å². The highest BCUT2D eigenvalue weighted by atomic mass is 32.2. The molecule has 0 aliphatic rings. The Hall–Kier alpha value is -1.02. The minimum absolute atomic E-state index is 0.0126. The van der Waals surface area contributed by atoms with Crippen molar-refractivity contribution in [2.45, 2.75) is 26.3 Å². The highest BCUT2D eigenvalue weighted by Crippen LogP contribution is 2.21. The minimum atomic E-state index is -3.22. The van der Waals surface area contributed by atoms with Crippen LogP contribution in [-0.4, -0.2) is 20.0 Å². The van der Waals surface area contributed by atoms with Crippen LogP contribution in [0.2, 0.25) is 0 Å². The lowest BCUT2D eigenvalue weighted by Crippen LogP contribution is -2.25. The first-order valence-corrected chi connectivity index (χ1v) is 10.1. The molecule has 0 amide bonds. The van der Waals surface area contributed by atoms with E-state index in [-0.39, 0.29) is 18.1 Å². The maximum Gasteiger partial charge on any atom is 0.211 e. The molecule has 0 aliphatic carbocycles. The third-order valence-corrected chi connectivity index (χ3v) is 6.08. The predicted molar refractivity (Wildman–Crippen MR) is 87.6 cm³/mol. The van der Waals surface area contributed by atoms with Gasteiger partial charge in [0.1, 0.15) is 0 Å². The Kier molecular flexibility index (Phi) is 5.69. The van der Waals surface area contributed by atoms with Crippen molar-refractivity contribution in [3.8, 4) is 0 Å². The largest absolute Gasteiger partial charge is 0.288 e. The van der Waals surface area contributed by atoms with Crippen LogP contribution in [0.15, 0.2) is 29.0 Å². The predicted octanol–water partition coefficient (Wildman–Crippen LogP) is 3.26. The monoisotopic (exact) mass is 343 g/mol. The highest BCUT2D eigenvalue weighted by Gasteiger charge is 2.14. The van der Waals surface area contributed by atoms with Gasteiger partial charge in [-0.15, -0.1) is 11.3 Å². The normalized spacial score (nSPS) is 11.7. The van der Waals surface area contributed by atoms with E-state index in [0.717, 1.165) is 11.3 Å². The topological polar surface area (TPSA) is 63.2 Å². The van der Waals surface area contributed by atoms with Crippen LogP contribution in [0, 0.1) is 0 Å². The van der Waals surface area contributed by atoms with Gasteiger partial charge in [0.2, 0.25) is 15.8 Å². The van der Waals surface area contributed by atoms with E-state index < -0.39 is 10.0 Å². The number of carbonyl (C=O) groups is 1. The third-order valence-electron chi connectivity index (χ3n) is 2.90. The lowest BCUT2D eigenvalue weighted by atomic mass is 10.2. The van der Waals surface area contributed by atoms with Gasteiger partial charge in [-0.2, -0.15) is 11.3 Å². The molecular weight excluding hydrogens is 326 g/mol. The Balaban J connectivity index is 1.96. The molecule has 0 aliphatic heterocycles. The molecule has 2 heterocycles. The molecule has 114 valence electrons. The van der Waals surface area contributed by atoms with Gasteiger partial charge in [-0.25, -0.2) is 13.1 Å². The quantitative estimate of drug-likeness (QED) is 0.748. The fourth-order valence-electron chi connectivity index (χ4n) is 1.72. The molecule has 2 aromatic heterocycles. The van der Waals surface area contributed by atoms with Crippen molar-refractivity contribution in [3.05, 3.63) is 44.3 Å². The van der Waals surface area contributed by atoms with Crippen molar-refractivity contribution in [2.75, 3.05) is 5.75 Å². The van der Waals surface area contributed by atoms with E-state index in [4.69, 9.17) is 0 Å². The number of hydrogen-bond acceptors (Lipinski definition) is 5. The summed E-state index contributed by atoms with van der Waals surface area (Å²) in [5, 5.41) is 3.68. The van der Waals surface area contributed by atoms with Crippen molar-refractivity contribution in [2.24, 2.45) is 0 Å². The molecule has 0 unspecified atom stereocenters. The maximum absolute atomic E-state index is 12.1. The zero-order chi connectivity index (χ0) is 15.3. The van der Waals surface area contributed by atoms with Gasteiger partial charge in [-0.05, 0) is 30.0 Å². The van der Waals surface area contributed by atoms with Crippen molar-refractivity contribution in [1.29, 1.82) is 0 Å². The lowest BCUT2D eigenvalue weighted by Gasteiger charge is -2.04. The second-order valence-corrected chi connectivity index (χ2v) is 8.48. The standard InChI is InChI=1S/C14H17NO3S3/c1-2-3-8-21(17,18)15-9-12-4-5-13(20-12)14(16)11-6-7-19-10-11/h4-7,10,15H,2-3,8-9H2,1H3. The molecule has 4 nitrogen and oxygen atoms in total. The van der Waals surface area contributed by atoms with Crippen molar-refractivity contribution in [3.63, 3.8) is 0 Å². The van der Waals surface area contributed by atoms with E-state index in [9.17, 15) is 13.2 Å². The zero-order valence-electron chi connectivity index (χ0n) is 11.7. The van der Waals surface area contributed by atoms with Crippen LogP contribution in [0.5, 0.6) is 0 Å². The van der Waals surface area contributed by atoms with Gasteiger partial charge in [-0.1, -0.05) is 13.3 Å². The van der Waals surface area contributed by atoms with Crippen LogP contribution in [0.4, 0.5) is 0 Å². The third kappa shape index (κ3) is 4.74. The number of rotatable bonds is 8. The Morgan fingerprint density at radius 3 is 2.76 bits per heavy atom. The Labute approximate surface area is 132 Å². The molecular formula is C14H17NO3S3. The molecule has 2 aromatic rings. The molecule has 0 radical (unpaired) electrons. The van der Waals surface area contributed by atoms with E-state index in [1.165, 1.54) is 22.7 Å². The van der Waals surface area contributed by atoms with Gasteiger partial charge in [0.25, 0.3) is 0 Å². The zero-order valence-corrected chi connectivity index (χ0v) is 14.1. The first-order valence-electron chi connectivity index (χ1n) is 6.65. The minimum Gasteiger partial charge on any atom is -0.288 e. The summed E-state index contributed by atoms with van der Waals surface area (Å²) in [6, 6.07) is 5.34. The number of thiophene rings is 2. The first kappa shape index (κ1) is 16.4. The number of carbonyl (C=O) groups excluding carboxylic acids is 1. The second-order valence-electron chi connectivity index (χ2n) is 4.60. The van der Waals surface area contributed by atoms with Crippen LogP contribution < -0.4 is 4.72 Å². The molecule has 0 aromatic carbocycles. The SMILES string of the molecule is CCCCS(=O)(=O)NCc1ccc(C(=O)c2ccsc2)s1. The summed E-state index contributed by atoms with van der Waals surface area (Å²) >= 11 is 2.81. The second kappa shape index (κ2) is 7.31. The maximum atomic E-state index is 12.1. The van der Waals surface area contributed by atoms with Gasteiger partial charge < -0.3 is 0 Å². The number of ketones is 1. The number of hydrogen-bond donors (Lipinski definition) is 1. The van der Waals surface area contributed by atoms with Crippen molar-refractivity contribution >= 4 is 38.5 Å². The Morgan fingerprint density at radius 1 is 1.29 bits per heavy atom. The lowest BCUT2D eigenvalue weighted by molar-refractivity contribution is 0.104. The Morgan fingerprint density at radius 2 is 2.10 bits per heavy atom. The molecule has 0 saturated heterocycles. The van der Waals surface area contributed by atoms with Gasteiger partial charge in [-0.3, -0.25) is 4.79 Å². The molecule has 0 bridgehead atoms. The first-order chi connectivity index (χ1) is 10.0. The smallest absolute Gasteiger partial charge is 0.211 e. The molecule has 0 atom stereocenters. The number of sulfonamides is 1. The van der Waals surface area contributed by atoms with E-state index in [0.29, 0.717) is 16.9 Å². The summed E-state index contributed by atoms with van der Waals surface area (Å²) < 4.78 is 26.0. The van der Waals surface area contributed by atoms with Crippen LogP contribution in [-0.2, 0) is 16.6 Å². The average Bonchev–Trinajstić information content (AvgIpc) is 3.13. The van der Waals surface area contributed by atoms with Gasteiger partial charge >= 0.3 is 0 Å². The molecule has 2 rings (SSSR count). The summed E-state index contributed by atoms with van der Waals surface area (Å²) in [6.45, 7) is 2.20. The van der Waals surface area contributed by atoms with E-state index >= 15 is 0 Å². The fourth-order valence-corrected chi connectivity index (χ4v) is 4.54. The number of unbranched alkanes of at least 4 members (excludes halogenated alkanes) is 1. The van der Waals surface area contributed by atoms with E-state index in [1.54, 1.807) is 18.2 Å². The summed E-state index contributed by atoms with van der Waals surface area (Å²) in [4.78, 5) is 13.6. The van der Waals surface area contributed by atoms with Gasteiger partial charge in [0.05, 0.1) is 10.6 Å². The molecule has 0 spiro atoms. The van der Waals surface area contributed by atoms with E-state index in [2.05, 4.69) is 4.72 Å². The Bertz CT molecular complexity index is 687. The van der Waals surface area contributed by atoms with Crippen molar-refractivity contribution in [1.82, 2.24) is 4.72 Å². The van der Waals surface area contributed by atoms with Crippen molar-refractivity contribution < 1.29 is 13.2 Å².